The van der Waals surface area contributed by atoms with E-state index in [1.165, 1.54) is 18.5 Å². The maximum Gasteiger partial charge on any atom is 0.189 e. The number of fused-ring (bicyclic) bond motifs is 1. The number of guanidine groups is 1. The minimum atomic E-state index is 0.155. The number of hydrogen-bond acceptors (Lipinski definition) is 4. The van der Waals surface area contributed by atoms with Crippen LogP contribution < -0.4 is 15.8 Å². The van der Waals surface area contributed by atoms with Crippen LogP contribution in [0.1, 0.15) is 47.5 Å². The van der Waals surface area contributed by atoms with Crippen LogP contribution in [0, 0.1) is 0 Å². The van der Waals surface area contributed by atoms with E-state index in [9.17, 15) is 0 Å². The average Bonchev–Trinajstić information content (AvgIpc) is 3.32. The smallest absolute Gasteiger partial charge is 0.189 e. The molecule has 3 N–H and O–H groups in total. The van der Waals surface area contributed by atoms with Gasteiger partial charge >= 0.3 is 0 Å². The normalized spacial score (nSPS) is 20.7. The van der Waals surface area contributed by atoms with Crippen LogP contribution in [-0.4, -0.2) is 17.6 Å². The maximum absolute atomic E-state index is 6.06. The van der Waals surface area contributed by atoms with Crippen molar-refractivity contribution < 1.29 is 4.74 Å². The Kier molecular flexibility index (Phi) is 3.91. The minimum absolute atomic E-state index is 0.155. The van der Waals surface area contributed by atoms with Crippen molar-refractivity contribution >= 4 is 17.3 Å². The van der Waals surface area contributed by atoms with Gasteiger partial charge in [0.05, 0.1) is 24.9 Å². The lowest BCUT2D eigenvalue weighted by Gasteiger charge is -2.26. The molecule has 2 aromatic rings. The summed E-state index contributed by atoms with van der Waals surface area (Å²) in [4.78, 5) is 9.08. The highest BCUT2D eigenvalue weighted by Gasteiger charge is 2.26. The third-order valence-electron chi connectivity index (χ3n) is 4.23. The molecule has 0 saturated heterocycles. The Morgan fingerprint density at radius 2 is 2.22 bits per heavy atom. The van der Waals surface area contributed by atoms with Crippen molar-refractivity contribution in [2.75, 3.05) is 6.61 Å². The number of nitrogens with two attached hydrogens (primary N) is 1. The van der Waals surface area contributed by atoms with Gasteiger partial charge in [0.1, 0.15) is 10.8 Å². The van der Waals surface area contributed by atoms with Gasteiger partial charge in [-0.3, -0.25) is 0 Å². The average molecular weight is 328 g/mol. The van der Waals surface area contributed by atoms with E-state index in [1.807, 2.05) is 18.2 Å². The zero-order valence-electron chi connectivity index (χ0n) is 12.9. The van der Waals surface area contributed by atoms with Crippen molar-refractivity contribution in [3.63, 3.8) is 0 Å². The van der Waals surface area contributed by atoms with Gasteiger partial charge in [-0.15, -0.1) is 11.3 Å². The van der Waals surface area contributed by atoms with E-state index >= 15 is 0 Å². The predicted octanol–water partition coefficient (Wildman–Crippen LogP) is 2.95. The zero-order chi connectivity index (χ0) is 15.6. The molecular formula is C17H20N4OS. The highest BCUT2D eigenvalue weighted by molar-refractivity contribution is 7.09. The van der Waals surface area contributed by atoms with E-state index in [0.717, 1.165) is 22.7 Å². The van der Waals surface area contributed by atoms with Crippen LogP contribution in [0.25, 0.3) is 0 Å². The SMILES string of the molecule is NC(=NCc1nc(C2CC2)cs1)NC1CCOc2ccccc21. The molecule has 5 nitrogen and oxygen atoms in total. The summed E-state index contributed by atoms with van der Waals surface area (Å²) >= 11 is 1.67. The van der Waals surface area contributed by atoms with Crippen LogP contribution in [0.5, 0.6) is 5.75 Å². The van der Waals surface area contributed by atoms with Crippen molar-refractivity contribution in [2.24, 2.45) is 10.7 Å². The van der Waals surface area contributed by atoms with Gasteiger partial charge in [0.25, 0.3) is 0 Å². The zero-order valence-corrected chi connectivity index (χ0v) is 13.7. The van der Waals surface area contributed by atoms with Crippen LogP contribution in [0.4, 0.5) is 0 Å². The van der Waals surface area contributed by atoms with Gasteiger partial charge in [-0.2, -0.15) is 0 Å². The number of para-hydroxylation sites is 1. The molecule has 1 atom stereocenters. The van der Waals surface area contributed by atoms with E-state index in [1.54, 1.807) is 11.3 Å². The number of aromatic nitrogens is 1. The topological polar surface area (TPSA) is 72.5 Å². The summed E-state index contributed by atoms with van der Waals surface area (Å²) in [6, 6.07) is 8.22. The first-order valence-electron chi connectivity index (χ1n) is 8.02. The van der Waals surface area contributed by atoms with Crippen LogP contribution in [0.3, 0.4) is 0 Å². The van der Waals surface area contributed by atoms with E-state index in [4.69, 9.17) is 10.5 Å². The van der Waals surface area contributed by atoms with Crippen molar-refractivity contribution in [2.45, 2.75) is 37.8 Å². The maximum atomic E-state index is 6.06. The van der Waals surface area contributed by atoms with Gasteiger partial charge < -0.3 is 15.8 Å². The fraction of sp³-hybridized carbons (Fsp3) is 0.412. The predicted molar refractivity (Wildman–Crippen MR) is 91.8 cm³/mol. The van der Waals surface area contributed by atoms with Crippen LogP contribution in [-0.2, 0) is 6.54 Å². The van der Waals surface area contributed by atoms with Crippen molar-refractivity contribution in [1.29, 1.82) is 0 Å². The third kappa shape index (κ3) is 3.32. The van der Waals surface area contributed by atoms with E-state index in [-0.39, 0.29) is 6.04 Å². The van der Waals surface area contributed by atoms with E-state index in [0.29, 0.717) is 25.0 Å². The fourth-order valence-electron chi connectivity index (χ4n) is 2.83. The number of aliphatic imine (C=N–C) groups is 1. The standard InChI is InChI=1S/C17H20N4OS/c18-17(19-9-16-20-14(10-23-16)11-5-6-11)21-13-7-8-22-15-4-2-1-3-12(13)15/h1-4,10-11,13H,5-9H2,(H3,18,19,21). The molecule has 2 heterocycles. The summed E-state index contributed by atoms with van der Waals surface area (Å²) in [5.41, 5.74) is 8.43. The molecule has 1 aromatic carbocycles. The van der Waals surface area contributed by atoms with Crippen LogP contribution in [0.15, 0.2) is 34.6 Å². The van der Waals surface area contributed by atoms with Gasteiger partial charge in [0, 0.05) is 23.3 Å². The summed E-state index contributed by atoms with van der Waals surface area (Å²) < 4.78 is 5.67. The van der Waals surface area contributed by atoms with Gasteiger partial charge in [-0.25, -0.2) is 9.98 Å². The number of benzene rings is 1. The summed E-state index contributed by atoms with van der Waals surface area (Å²) in [7, 11) is 0. The lowest BCUT2D eigenvalue weighted by Crippen LogP contribution is -2.37. The monoisotopic (exact) mass is 328 g/mol. The molecule has 0 radical (unpaired) electrons. The largest absolute Gasteiger partial charge is 0.493 e. The Balaban J connectivity index is 1.40. The molecule has 23 heavy (non-hydrogen) atoms. The molecular weight excluding hydrogens is 308 g/mol. The summed E-state index contributed by atoms with van der Waals surface area (Å²) in [6.07, 6.45) is 3.44. The Labute approximate surface area is 139 Å². The number of rotatable bonds is 4. The van der Waals surface area contributed by atoms with Crippen LogP contribution >= 0.6 is 11.3 Å². The second-order valence-electron chi connectivity index (χ2n) is 6.01. The molecule has 0 spiro atoms. The Hall–Kier alpha value is -2.08. The second-order valence-corrected chi connectivity index (χ2v) is 6.96. The van der Waals surface area contributed by atoms with Crippen molar-refractivity contribution in [1.82, 2.24) is 10.3 Å². The van der Waals surface area contributed by atoms with Gasteiger partial charge in [-0.05, 0) is 18.9 Å². The highest BCUT2D eigenvalue weighted by Crippen LogP contribution is 2.40. The quantitative estimate of drug-likeness (QED) is 0.668. The first-order chi connectivity index (χ1) is 11.3. The van der Waals surface area contributed by atoms with Gasteiger partial charge in [0.2, 0.25) is 0 Å². The molecule has 1 aliphatic heterocycles. The molecule has 0 bridgehead atoms. The number of ether oxygens (including phenoxy) is 1. The number of thiazole rings is 1. The number of nitrogens with zero attached hydrogens (tertiary/aromatic N) is 2. The van der Waals surface area contributed by atoms with E-state index in [2.05, 4.69) is 26.7 Å². The summed E-state index contributed by atoms with van der Waals surface area (Å²) in [6.45, 7) is 1.24. The molecule has 1 aliphatic carbocycles. The lowest BCUT2D eigenvalue weighted by molar-refractivity contribution is 0.262. The Morgan fingerprint density at radius 1 is 1.35 bits per heavy atom. The number of hydrogen-bond donors (Lipinski definition) is 2. The Bertz CT molecular complexity index is 723. The van der Waals surface area contributed by atoms with Crippen molar-refractivity contribution in [3.8, 4) is 5.75 Å². The molecule has 1 aromatic heterocycles. The first kappa shape index (κ1) is 14.5. The molecule has 0 amide bonds. The molecule has 1 fully saturated rings. The van der Waals surface area contributed by atoms with Gasteiger partial charge in [0.15, 0.2) is 5.96 Å². The highest BCUT2D eigenvalue weighted by atomic mass is 32.1. The molecule has 4 rings (SSSR count). The molecule has 1 unspecified atom stereocenters. The molecule has 6 heteroatoms. The van der Waals surface area contributed by atoms with Gasteiger partial charge in [-0.1, -0.05) is 18.2 Å². The lowest BCUT2D eigenvalue weighted by atomic mass is 10.0. The second kappa shape index (κ2) is 6.20. The summed E-state index contributed by atoms with van der Waals surface area (Å²) in [5.74, 6) is 2.09. The van der Waals surface area contributed by atoms with E-state index < -0.39 is 0 Å². The number of nitrogens with one attached hydrogen (secondary N) is 1. The molecule has 1 saturated carbocycles. The molecule has 2 aliphatic rings. The fourth-order valence-corrected chi connectivity index (χ4v) is 3.63. The van der Waals surface area contributed by atoms with Crippen molar-refractivity contribution in [3.05, 3.63) is 45.9 Å². The minimum Gasteiger partial charge on any atom is -0.493 e. The third-order valence-corrected chi connectivity index (χ3v) is 5.08. The Morgan fingerprint density at radius 3 is 3.09 bits per heavy atom. The first-order valence-corrected chi connectivity index (χ1v) is 8.90. The molecule has 120 valence electrons. The van der Waals surface area contributed by atoms with Crippen LogP contribution in [0.2, 0.25) is 0 Å². The summed E-state index contributed by atoms with van der Waals surface area (Å²) in [5, 5.41) is 6.50.